The topological polar surface area (TPSA) is 26.0 Å². The normalized spacial score (nSPS) is 13.4. The second-order valence-corrected chi connectivity index (χ2v) is 6.67. The molecule has 0 amide bonds. The summed E-state index contributed by atoms with van der Waals surface area (Å²) in [7, 11) is 0. The molecule has 0 saturated carbocycles. The first-order valence-corrected chi connectivity index (χ1v) is 7.22. The number of benzene rings is 1. The zero-order chi connectivity index (χ0) is 14.6. The molecular weight excluding hydrogens is 230 g/mol. The van der Waals surface area contributed by atoms with Gasteiger partial charge in [0, 0.05) is 6.04 Å². The molecule has 0 bridgehead atoms. The molecule has 1 unspecified atom stereocenters. The lowest BCUT2D eigenvalue weighted by Gasteiger charge is -2.23. The van der Waals surface area contributed by atoms with Crippen molar-refractivity contribution in [2.24, 2.45) is 5.73 Å². The smallest absolute Gasteiger partial charge is 0.00824 e. The third-order valence-electron chi connectivity index (χ3n) is 3.77. The summed E-state index contributed by atoms with van der Waals surface area (Å²) in [5.74, 6) is 0. The van der Waals surface area contributed by atoms with Crippen molar-refractivity contribution in [3.8, 4) is 0 Å². The highest BCUT2D eigenvalue weighted by Crippen LogP contribution is 2.27. The van der Waals surface area contributed by atoms with Crippen LogP contribution < -0.4 is 5.73 Å². The van der Waals surface area contributed by atoms with E-state index in [2.05, 4.69) is 53.3 Å². The van der Waals surface area contributed by atoms with Crippen LogP contribution in [0.4, 0.5) is 0 Å². The van der Waals surface area contributed by atoms with Crippen LogP contribution in [0.2, 0.25) is 0 Å². The number of hydrogen-bond donors (Lipinski definition) is 1. The third-order valence-corrected chi connectivity index (χ3v) is 3.77. The van der Waals surface area contributed by atoms with E-state index in [1.54, 1.807) is 0 Å². The lowest BCUT2D eigenvalue weighted by Crippen LogP contribution is -2.23. The fourth-order valence-electron chi connectivity index (χ4n) is 2.44. The zero-order valence-corrected chi connectivity index (χ0v) is 13.2. The van der Waals surface area contributed by atoms with E-state index in [1.165, 1.54) is 22.3 Å². The molecule has 0 fully saturated rings. The van der Waals surface area contributed by atoms with Gasteiger partial charge in [0.1, 0.15) is 0 Å². The van der Waals surface area contributed by atoms with Crippen LogP contribution in [0.25, 0.3) is 0 Å². The fraction of sp³-hybridized carbons (Fsp3) is 0.556. The van der Waals surface area contributed by atoms with E-state index < -0.39 is 0 Å². The molecule has 19 heavy (non-hydrogen) atoms. The summed E-state index contributed by atoms with van der Waals surface area (Å²) in [6.45, 7) is 15.0. The Kier molecular flexibility index (Phi) is 5.37. The van der Waals surface area contributed by atoms with E-state index >= 15 is 0 Å². The number of hydrogen-bond acceptors (Lipinski definition) is 1. The van der Waals surface area contributed by atoms with Crippen molar-refractivity contribution in [1.29, 1.82) is 0 Å². The number of aryl methyl sites for hydroxylation is 2. The van der Waals surface area contributed by atoms with Crippen LogP contribution >= 0.6 is 0 Å². The van der Waals surface area contributed by atoms with E-state index in [9.17, 15) is 0 Å². The van der Waals surface area contributed by atoms with Gasteiger partial charge in [-0.3, -0.25) is 0 Å². The van der Waals surface area contributed by atoms with Crippen LogP contribution in [0.3, 0.4) is 0 Å². The molecule has 0 aliphatic heterocycles. The van der Waals surface area contributed by atoms with Gasteiger partial charge in [-0.15, -0.1) is 6.58 Å². The van der Waals surface area contributed by atoms with E-state index in [1.807, 2.05) is 6.08 Å². The highest BCUT2D eigenvalue weighted by atomic mass is 14.6. The van der Waals surface area contributed by atoms with Crippen molar-refractivity contribution in [2.75, 3.05) is 0 Å². The minimum atomic E-state index is 0.207. The summed E-state index contributed by atoms with van der Waals surface area (Å²) in [5.41, 5.74) is 12.0. The zero-order valence-electron chi connectivity index (χ0n) is 13.2. The lowest BCUT2D eigenvalue weighted by atomic mass is 9.83. The van der Waals surface area contributed by atoms with Gasteiger partial charge < -0.3 is 5.73 Å². The first-order chi connectivity index (χ1) is 8.75. The number of nitrogens with two attached hydrogens (primary N) is 1. The summed E-state index contributed by atoms with van der Waals surface area (Å²) in [6, 6.07) is 4.88. The van der Waals surface area contributed by atoms with Crippen LogP contribution in [0.5, 0.6) is 0 Å². The molecular formula is C18H29N. The summed E-state index contributed by atoms with van der Waals surface area (Å²) in [6.07, 6.45) is 4.93. The van der Waals surface area contributed by atoms with Crippen LogP contribution in [0.15, 0.2) is 24.8 Å². The molecule has 0 spiro atoms. The predicted octanol–water partition coefficient (Wildman–Crippen LogP) is 4.44. The average Bonchev–Trinajstić information content (AvgIpc) is 2.29. The average molecular weight is 259 g/mol. The predicted molar refractivity (Wildman–Crippen MR) is 85.7 cm³/mol. The molecule has 1 atom stereocenters. The maximum atomic E-state index is 6.21. The SMILES string of the molecule is C=CCCC(N)Cc1c(C)cc(C(C)(C)C)cc1C. The molecule has 1 aromatic rings. The van der Waals surface area contributed by atoms with E-state index in [4.69, 9.17) is 5.73 Å². The minimum Gasteiger partial charge on any atom is -0.327 e. The molecule has 0 heterocycles. The third kappa shape index (κ3) is 4.50. The van der Waals surface area contributed by atoms with Gasteiger partial charge in [-0.25, -0.2) is 0 Å². The Bertz CT molecular complexity index is 414. The van der Waals surface area contributed by atoms with Crippen molar-refractivity contribution < 1.29 is 0 Å². The molecule has 0 saturated heterocycles. The molecule has 0 aliphatic carbocycles. The van der Waals surface area contributed by atoms with Gasteiger partial charge >= 0.3 is 0 Å². The molecule has 0 aromatic heterocycles. The molecule has 1 nitrogen and oxygen atoms in total. The number of allylic oxidation sites excluding steroid dienone is 1. The van der Waals surface area contributed by atoms with E-state index in [-0.39, 0.29) is 11.5 Å². The lowest BCUT2D eigenvalue weighted by molar-refractivity contribution is 0.586. The summed E-state index contributed by atoms with van der Waals surface area (Å²) in [4.78, 5) is 0. The van der Waals surface area contributed by atoms with Gasteiger partial charge in [-0.1, -0.05) is 39.0 Å². The molecule has 1 heteroatoms. The second-order valence-electron chi connectivity index (χ2n) is 6.67. The van der Waals surface area contributed by atoms with Gasteiger partial charge in [0.25, 0.3) is 0 Å². The Morgan fingerprint density at radius 2 is 1.74 bits per heavy atom. The Labute approximate surface area is 118 Å². The van der Waals surface area contributed by atoms with Gasteiger partial charge in [0.15, 0.2) is 0 Å². The van der Waals surface area contributed by atoms with Crippen molar-refractivity contribution in [3.05, 3.63) is 47.0 Å². The monoisotopic (exact) mass is 259 g/mol. The van der Waals surface area contributed by atoms with Crippen molar-refractivity contribution >= 4 is 0 Å². The summed E-state index contributed by atoms with van der Waals surface area (Å²) >= 11 is 0. The van der Waals surface area contributed by atoms with Crippen molar-refractivity contribution in [1.82, 2.24) is 0 Å². The van der Waals surface area contributed by atoms with Crippen LogP contribution in [0.1, 0.15) is 55.9 Å². The van der Waals surface area contributed by atoms with Gasteiger partial charge in [-0.05, 0) is 60.8 Å². The van der Waals surface area contributed by atoms with Gasteiger partial charge in [-0.2, -0.15) is 0 Å². The maximum absolute atomic E-state index is 6.21. The highest BCUT2D eigenvalue weighted by Gasteiger charge is 2.17. The molecule has 1 rings (SSSR count). The Morgan fingerprint density at radius 1 is 1.21 bits per heavy atom. The van der Waals surface area contributed by atoms with Crippen molar-refractivity contribution in [2.45, 2.75) is 65.3 Å². The maximum Gasteiger partial charge on any atom is 0.00824 e. The van der Waals surface area contributed by atoms with Gasteiger partial charge in [0.05, 0.1) is 0 Å². The van der Waals surface area contributed by atoms with Crippen LogP contribution in [0, 0.1) is 13.8 Å². The van der Waals surface area contributed by atoms with Crippen molar-refractivity contribution in [3.63, 3.8) is 0 Å². The van der Waals surface area contributed by atoms with E-state index in [0.717, 1.165) is 19.3 Å². The first kappa shape index (κ1) is 16.0. The highest BCUT2D eigenvalue weighted by molar-refractivity contribution is 5.40. The number of rotatable bonds is 5. The van der Waals surface area contributed by atoms with Gasteiger partial charge in [0.2, 0.25) is 0 Å². The summed E-state index contributed by atoms with van der Waals surface area (Å²) < 4.78 is 0. The van der Waals surface area contributed by atoms with E-state index in [0.29, 0.717) is 0 Å². The standard InChI is InChI=1S/C18H29N/c1-7-8-9-16(19)12-17-13(2)10-15(11-14(17)3)18(4,5)6/h7,10-11,16H,1,8-9,12,19H2,2-6H3. The summed E-state index contributed by atoms with van der Waals surface area (Å²) in [5, 5.41) is 0. The molecule has 2 N–H and O–H groups in total. The largest absolute Gasteiger partial charge is 0.327 e. The molecule has 0 aliphatic rings. The molecule has 0 radical (unpaired) electrons. The molecule has 1 aromatic carbocycles. The molecule has 106 valence electrons. The Balaban J connectivity index is 2.94. The van der Waals surface area contributed by atoms with Crippen LogP contribution in [-0.2, 0) is 11.8 Å². The minimum absolute atomic E-state index is 0.207. The quantitative estimate of drug-likeness (QED) is 0.777. The fourth-order valence-corrected chi connectivity index (χ4v) is 2.44. The second kappa shape index (κ2) is 6.38. The van der Waals surface area contributed by atoms with Crippen LogP contribution in [-0.4, -0.2) is 6.04 Å². The first-order valence-electron chi connectivity index (χ1n) is 7.22. The Morgan fingerprint density at radius 3 is 2.16 bits per heavy atom. The Hall–Kier alpha value is -1.08.